The van der Waals surface area contributed by atoms with Crippen LogP contribution in [0, 0.1) is 11.8 Å². The SMILES string of the molecule is CC(C)C(CN)CNCCOCCN(C)C. The molecule has 0 saturated heterocycles. The molecule has 4 nitrogen and oxygen atoms in total. The average Bonchev–Trinajstić information content (AvgIpc) is 2.21. The average molecular weight is 231 g/mol. The van der Waals surface area contributed by atoms with Gasteiger partial charge in [0.2, 0.25) is 0 Å². The minimum Gasteiger partial charge on any atom is -0.379 e. The van der Waals surface area contributed by atoms with E-state index < -0.39 is 0 Å². The largest absolute Gasteiger partial charge is 0.379 e. The normalized spacial score (nSPS) is 13.7. The van der Waals surface area contributed by atoms with Crippen molar-refractivity contribution in [2.24, 2.45) is 17.6 Å². The van der Waals surface area contributed by atoms with E-state index in [9.17, 15) is 0 Å². The molecule has 4 heteroatoms. The molecule has 0 spiro atoms. The van der Waals surface area contributed by atoms with Crippen LogP contribution in [0.2, 0.25) is 0 Å². The van der Waals surface area contributed by atoms with Crippen molar-refractivity contribution in [3.05, 3.63) is 0 Å². The highest BCUT2D eigenvalue weighted by atomic mass is 16.5. The number of rotatable bonds is 10. The molecule has 0 aliphatic heterocycles. The Labute approximate surface area is 101 Å². The van der Waals surface area contributed by atoms with Crippen LogP contribution in [0.15, 0.2) is 0 Å². The van der Waals surface area contributed by atoms with Crippen LogP contribution in [0.1, 0.15) is 13.8 Å². The Kier molecular flexibility index (Phi) is 9.92. The lowest BCUT2D eigenvalue weighted by Gasteiger charge is -2.19. The summed E-state index contributed by atoms with van der Waals surface area (Å²) < 4.78 is 5.48. The van der Waals surface area contributed by atoms with Crippen molar-refractivity contribution in [2.75, 3.05) is 53.5 Å². The number of nitrogens with two attached hydrogens (primary N) is 1. The summed E-state index contributed by atoms with van der Waals surface area (Å²) in [5, 5.41) is 3.39. The molecule has 98 valence electrons. The summed E-state index contributed by atoms with van der Waals surface area (Å²) in [5.74, 6) is 1.22. The maximum absolute atomic E-state index is 5.69. The molecule has 0 fully saturated rings. The first-order chi connectivity index (χ1) is 7.57. The van der Waals surface area contributed by atoms with Gasteiger partial charge in [0.1, 0.15) is 0 Å². The second kappa shape index (κ2) is 10.0. The van der Waals surface area contributed by atoms with Crippen molar-refractivity contribution in [1.29, 1.82) is 0 Å². The van der Waals surface area contributed by atoms with Gasteiger partial charge in [-0.3, -0.25) is 0 Å². The highest BCUT2D eigenvalue weighted by Crippen LogP contribution is 2.06. The number of hydrogen-bond donors (Lipinski definition) is 2. The highest BCUT2D eigenvalue weighted by Gasteiger charge is 2.09. The molecule has 0 saturated carbocycles. The molecule has 0 heterocycles. The summed E-state index contributed by atoms with van der Waals surface area (Å²) in [6.07, 6.45) is 0. The molecule has 0 bridgehead atoms. The summed E-state index contributed by atoms with van der Waals surface area (Å²) in [4.78, 5) is 2.12. The van der Waals surface area contributed by atoms with E-state index in [0.29, 0.717) is 11.8 Å². The van der Waals surface area contributed by atoms with E-state index in [4.69, 9.17) is 10.5 Å². The zero-order valence-corrected chi connectivity index (χ0v) is 11.3. The van der Waals surface area contributed by atoms with Crippen molar-refractivity contribution in [3.63, 3.8) is 0 Å². The van der Waals surface area contributed by atoms with Crippen LogP contribution < -0.4 is 11.1 Å². The molecular weight excluding hydrogens is 202 g/mol. The van der Waals surface area contributed by atoms with Crippen LogP contribution in [0.3, 0.4) is 0 Å². The number of nitrogens with one attached hydrogen (secondary N) is 1. The third-order valence-corrected chi connectivity index (χ3v) is 2.76. The van der Waals surface area contributed by atoms with Crippen LogP contribution in [0.4, 0.5) is 0 Å². The van der Waals surface area contributed by atoms with E-state index in [0.717, 1.165) is 39.4 Å². The maximum atomic E-state index is 5.69. The predicted octanol–water partition coefficient (Wildman–Crippen LogP) is 0.385. The Morgan fingerprint density at radius 1 is 1.25 bits per heavy atom. The van der Waals surface area contributed by atoms with Gasteiger partial charge >= 0.3 is 0 Å². The molecule has 1 unspecified atom stereocenters. The zero-order chi connectivity index (χ0) is 12.4. The fourth-order valence-corrected chi connectivity index (χ4v) is 1.37. The molecule has 0 aromatic carbocycles. The second-order valence-electron chi connectivity index (χ2n) is 4.86. The van der Waals surface area contributed by atoms with E-state index >= 15 is 0 Å². The molecular formula is C12H29N3O. The Hall–Kier alpha value is -0.160. The van der Waals surface area contributed by atoms with Gasteiger partial charge < -0.3 is 20.7 Å². The van der Waals surface area contributed by atoms with Gasteiger partial charge in [-0.1, -0.05) is 13.8 Å². The molecule has 3 N–H and O–H groups in total. The van der Waals surface area contributed by atoms with Crippen LogP contribution in [0.5, 0.6) is 0 Å². The maximum Gasteiger partial charge on any atom is 0.0593 e. The fraction of sp³-hybridized carbons (Fsp3) is 1.00. The van der Waals surface area contributed by atoms with Crippen LogP contribution in [-0.4, -0.2) is 58.4 Å². The first-order valence-corrected chi connectivity index (χ1v) is 6.21. The minimum atomic E-state index is 0.571. The van der Waals surface area contributed by atoms with Gasteiger partial charge in [-0.25, -0.2) is 0 Å². The lowest BCUT2D eigenvalue weighted by atomic mass is 9.96. The third-order valence-electron chi connectivity index (χ3n) is 2.76. The second-order valence-corrected chi connectivity index (χ2v) is 4.86. The topological polar surface area (TPSA) is 50.5 Å². The molecule has 0 aliphatic carbocycles. The van der Waals surface area contributed by atoms with Gasteiger partial charge in [0.15, 0.2) is 0 Å². The lowest BCUT2D eigenvalue weighted by Crippen LogP contribution is -2.33. The van der Waals surface area contributed by atoms with Crippen LogP contribution in [-0.2, 0) is 4.74 Å². The van der Waals surface area contributed by atoms with Crippen molar-refractivity contribution in [2.45, 2.75) is 13.8 Å². The number of likely N-dealkylation sites (N-methyl/N-ethyl adjacent to an activating group) is 1. The number of ether oxygens (including phenoxy) is 1. The van der Waals surface area contributed by atoms with E-state index in [2.05, 4.69) is 38.2 Å². The Bertz CT molecular complexity index is 151. The van der Waals surface area contributed by atoms with Crippen molar-refractivity contribution < 1.29 is 4.74 Å². The minimum absolute atomic E-state index is 0.571. The molecule has 16 heavy (non-hydrogen) atoms. The summed E-state index contributed by atoms with van der Waals surface area (Å²) in [6, 6.07) is 0. The Morgan fingerprint density at radius 2 is 1.94 bits per heavy atom. The van der Waals surface area contributed by atoms with E-state index in [1.165, 1.54) is 0 Å². The van der Waals surface area contributed by atoms with Crippen molar-refractivity contribution in [1.82, 2.24) is 10.2 Å². The molecule has 0 aliphatic rings. The van der Waals surface area contributed by atoms with Crippen molar-refractivity contribution >= 4 is 0 Å². The lowest BCUT2D eigenvalue weighted by molar-refractivity contribution is 0.118. The van der Waals surface area contributed by atoms with Gasteiger partial charge in [0, 0.05) is 13.1 Å². The third kappa shape index (κ3) is 9.09. The standard InChI is InChI=1S/C12H29N3O/c1-11(2)12(9-13)10-14-5-7-16-8-6-15(3)4/h11-12,14H,5-10,13H2,1-4H3. The van der Waals surface area contributed by atoms with Gasteiger partial charge in [0.25, 0.3) is 0 Å². The van der Waals surface area contributed by atoms with E-state index in [1.54, 1.807) is 0 Å². The van der Waals surface area contributed by atoms with Crippen LogP contribution >= 0.6 is 0 Å². The summed E-state index contributed by atoms with van der Waals surface area (Å²) in [7, 11) is 4.10. The van der Waals surface area contributed by atoms with Gasteiger partial charge in [-0.15, -0.1) is 0 Å². The fourth-order valence-electron chi connectivity index (χ4n) is 1.37. The van der Waals surface area contributed by atoms with Gasteiger partial charge in [0.05, 0.1) is 13.2 Å². The summed E-state index contributed by atoms with van der Waals surface area (Å²) >= 11 is 0. The Balaban J connectivity index is 3.26. The summed E-state index contributed by atoms with van der Waals surface area (Å²) in [6.45, 7) is 9.66. The molecule has 0 rings (SSSR count). The predicted molar refractivity (Wildman–Crippen MR) is 69.6 cm³/mol. The van der Waals surface area contributed by atoms with Gasteiger partial charge in [-0.2, -0.15) is 0 Å². The quantitative estimate of drug-likeness (QED) is 0.534. The van der Waals surface area contributed by atoms with Crippen molar-refractivity contribution in [3.8, 4) is 0 Å². The summed E-state index contributed by atoms with van der Waals surface area (Å²) in [5.41, 5.74) is 5.69. The van der Waals surface area contributed by atoms with E-state index in [1.807, 2.05) is 0 Å². The first-order valence-electron chi connectivity index (χ1n) is 6.21. The molecule has 0 amide bonds. The molecule has 0 aromatic heterocycles. The highest BCUT2D eigenvalue weighted by molar-refractivity contribution is 4.66. The smallest absolute Gasteiger partial charge is 0.0593 e. The monoisotopic (exact) mass is 231 g/mol. The van der Waals surface area contributed by atoms with Crippen LogP contribution in [0.25, 0.3) is 0 Å². The Morgan fingerprint density at radius 3 is 2.44 bits per heavy atom. The van der Waals surface area contributed by atoms with E-state index in [-0.39, 0.29) is 0 Å². The molecule has 0 aromatic rings. The first kappa shape index (κ1) is 15.8. The number of hydrogen-bond acceptors (Lipinski definition) is 4. The molecule has 1 atom stereocenters. The zero-order valence-electron chi connectivity index (χ0n) is 11.3. The number of nitrogens with zero attached hydrogens (tertiary/aromatic N) is 1. The molecule has 0 radical (unpaired) electrons. The van der Waals surface area contributed by atoms with Gasteiger partial charge in [-0.05, 0) is 39.0 Å².